The molecule has 3 rings (SSSR count). The SMILES string of the molecule is CCCNCC1CCCN1c1nc2ccccc2[nH]1. The number of imidazole rings is 1. The first-order chi connectivity index (χ1) is 9.38. The molecule has 0 amide bonds. The van der Waals surface area contributed by atoms with Gasteiger partial charge >= 0.3 is 0 Å². The highest BCUT2D eigenvalue weighted by molar-refractivity contribution is 5.77. The van der Waals surface area contributed by atoms with Gasteiger partial charge in [0.2, 0.25) is 5.95 Å². The number of aromatic nitrogens is 2. The zero-order chi connectivity index (χ0) is 13.1. The van der Waals surface area contributed by atoms with E-state index in [1.165, 1.54) is 19.3 Å². The third kappa shape index (κ3) is 2.59. The Morgan fingerprint density at radius 1 is 1.42 bits per heavy atom. The van der Waals surface area contributed by atoms with Gasteiger partial charge in [0.15, 0.2) is 0 Å². The minimum atomic E-state index is 0.576. The van der Waals surface area contributed by atoms with Crippen LogP contribution in [0.3, 0.4) is 0 Å². The summed E-state index contributed by atoms with van der Waals surface area (Å²) in [5, 5.41) is 3.53. The minimum Gasteiger partial charge on any atom is -0.338 e. The molecule has 1 unspecified atom stereocenters. The van der Waals surface area contributed by atoms with E-state index < -0.39 is 0 Å². The van der Waals surface area contributed by atoms with Gasteiger partial charge in [-0.05, 0) is 37.9 Å². The lowest BCUT2D eigenvalue weighted by Gasteiger charge is -2.24. The summed E-state index contributed by atoms with van der Waals surface area (Å²) in [5.41, 5.74) is 2.19. The van der Waals surface area contributed by atoms with Gasteiger partial charge in [-0.1, -0.05) is 19.1 Å². The van der Waals surface area contributed by atoms with Crippen molar-refractivity contribution in [3.05, 3.63) is 24.3 Å². The number of nitrogens with one attached hydrogen (secondary N) is 2. The first kappa shape index (κ1) is 12.5. The number of para-hydroxylation sites is 2. The second-order valence-electron chi connectivity index (χ2n) is 5.27. The van der Waals surface area contributed by atoms with Crippen LogP contribution in [0.2, 0.25) is 0 Å². The van der Waals surface area contributed by atoms with Crippen molar-refractivity contribution in [2.45, 2.75) is 32.2 Å². The van der Waals surface area contributed by atoms with Crippen molar-refractivity contribution < 1.29 is 0 Å². The third-order valence-corrected chi connectivity index (χ3v) is 3.83. The van der Waals surface area contributed by atoms with Crippen molar-refractivity contribution in [3.8, 4) is 0 Å². The highest BCUT2D eigenvalue weighted by atomic mass is 15.3. The van der Waals surface area contributed by atoms with Crippen LogP contribution < -0.4 is 10.2 Å². The predicted octanol–water partition coefficient (Wildman–Crippen LogP) is 2.53. The van der Waals surface area contributed by atoms with E-state index in [0.717, 1.165) is 36.6 Å². The van der Waals surface area contributed by atoms with E-state index in [-0.39, 0.29) is 0 Å². The third-order valence-electron chi connectivity index (χ3n) is 3.83. The lowest BCUT2D eigenvalue weighted by Crippen LogP contribution is -2.38. The van der Waals surface area contributed by atoms with Crippen LogP contribution in [-0.4, -0.2) is 35.6 Å². The number of aromatic amines is 1. The van der Waals surface area contributed by atoms with Gasteiger partial charge in [0.25, 0.3) is 0 Å². The van der Waals surface area contributed by atoms with E-state index in [1.54, 1.807) is 0 Å². The zero-order valence-corrected chi connectivity index (χ0v) is 11.5. The number of benzene rings is 1. The average Bonchev–Trinajstić information content (AvgIpc) is 3.04. The number of rotatable bonds is 5. The second-order valence-corrected chi connectivity index (χ2v) is 5.27. The van der Waals surface area contributed by atoms with E-state index in [4.69, 9.17) is 4.98 Å². The molecule has 2 aromatic rings. The van der Waals surface area contributed by atoms with Crippen LogP contribution >= 0.6 is 0 Å². The van der Waals surface area contributed by atoms with E-state index in [9.17, 15) is 0 Å². The molecule has 4 nitrogen and oxygen atoms in total. The van der Waals surface area contributed by atoms with Crippen LogP contribution in [0.1, 0.15) is 26.2 Å². The number of hydrogen-bond donors (Lipinski definition) is 2. The molecule has 1 aromatic carbocycles. The van der Waals surface area contributed by atoms with E-state index in [1.807, 2.05) is 6.07 Å². The molecule has 102 valence electrons. The maximum Gasteiger partial charge on any atom is 0.204 e. The molecule has 19 heavy (non-hydrogen) atoms. The molecule has 1 aliphatic rings. The quantitative estimate of drug-likeness (QED) is 0.810. The zero-order valence-electron chi connectivity index (χ0n) is 11.5. The molecule has 0 aliphatic carbocycles. The summed E-state index contributed by atoms with van der Waals surface area (Å²) >= 11 is 0. The number of fused-ring (bicyclic) bond motifs is 1. The van der Waals surface area contributed by atoms with Crippen LogP contribution in [0.15, 0.2) is 24.3 Å². The topological polar surface area (TPSA) is 44.0 Å². The Hall–Kier alpha value is -1.55. The fourth-order valence-corrected chi connectivity index (χ4v) is 2.85. The van der Waals surface area contributed by atoms with Crippen LogP contribution in [0, 0.1) is 0 Å². The van der Waals surface area contributed by atoms with Gasteiger partial charge in [-0.3, -0.25) is 0 Å². The maximum absolute atomic E-state index is 4.72. The Morgan fingerprint density at radius 3 is 3.16 bits per heavy atom. The second kappa shape index (κ2) is 5.61. The predicted molar refractivity (Wildman–Crippen MR) is 79.6 cm³/mol. The Balaban J connectivity index is 1.76. The molecular weight excluding hydrogens is 236 g/mol. The maximum atomic E-state index is 4.72. The highest BCUT2D eigenvalue weighted by Crippen LogP contribution is 2.24. The molecular formula is C15H22N4. The molecule has 2 N–H and O–H groups in total. The molecule has 2 heterocycles. The van der Waals surface area contributed by atoms with Gasteiger partial charge in [0.05, 0.1) is 11.0 Å². The van der Waals surface area contributed by atoms with Crippen molar-refractivity contribution >= 4 is 17.0 Å². The van der Waals surface area contributed by atoms with Crippen molar-refractivity contribution in [2.75, 3.05) is 24.5 Å². The van der Waals surface area contributed by atoms with Gasteiger partial charge in [0, 0.05) is 19.1 Å². The lowest BCUT2D eigenvalue weighted by atomic mass is 10.2. The molecule has 1 aromatic heterocycles. The molecule has 0 bridgehead atoms. The molecule has 1 atom stereocenters. The lowest BCUT2D eigenvalue weighted by molar-refractivity contribution is 0.567. The molecule has 1 aliphatic heterocycles. The van der Waals surface area contributed by atoms with Crippen LogP contribution in [0.5, 0.6) is 0 Å². The molecule has 4 heteroatoms. The minimum absolute atomic E-state index is 0.576. The van der Waals surface area contributed by atoms with Gasteiger partial charge < -0.3 is 15.2 Å². The summed E-state index contributed by atoms with van der Waals surface area (Å²) in [5.74, 6) is 1.03. The van der Waals surface area contributed by atoms with Crippen molar-refractivity contribution in [3.63, 3.8) is 0 Å². The molecule has 0 radical (unpaired) electrons. The smallest absolute Gasteiger partial charge is 0.204 e. The number of H-pyrrole nitrogens is 1. The Morgan fingerprint density at radius 2 is 2.32 bits per heavy atom. The summed E-state index contributed by atoms with van der Waals surface area (Å²) in [6.07, 6.45) is 3.71. The van der Waals surface area contributed by atoms with Gasteiger partial charge in [0.1, 0.15) is 0 Å². The first-order valence-electron chi connectivity index (χ1n) is 7.30. The summed E-state index contributed by atoms with van der Waals surface area (Å²) in [6, 6.07) is 8.82. The standard InChI is InChI=1S/C15H22N4/c1-2-9-16-11-12-6-5-10-19(12)15-17-13-7-3-4-8-14(13)18-15/h3-4,7-8,12,16H,2,5-6,9-11H2,1H3,(H,17,18). The molecule has 1 fully saturated rings. The van der Waals surface area contributed by atoms with E-state index >= 15 is 0 Å². The summed E-state index contributed by atoms with van der Waals surface area (Å²) < 4.78 is 0. The van der Waals surface area contributed by atoms with Crippen molar-refractivity contribution in [2.24, 2.45) is 0 Å². The Kier molecular flexibility index (Phi) is 3.69. The number of nitrogens with zero attached hydrogens (tertiary/aromatic N) is 2. The molecule has 0 saturated carbocycles. The Bertz CT molecular complexity index is 501. The number of anilines is 1. The van der Waals surface area contributed by atoms with Crippen molar-refractivity contribution in [1.82, 2.24) is 15.3 Å². The van der Waals surface area contributed by atoms with Gasteiger partial charge in [-0.25, -0.2) is 4.98 Å². The fourth-order valence-electron chi connectivity index (χ4n) is 2.85. The van der Waals surface area contributed by atoms with Gasteiger partial charge in [-0.15, -0.1) is 0 Å². The highest BCUT2D eigenvalue weighted by Gasteiger charge is 2.26. The van der Waals surface area contributed by atoms with E-state index in [0.29, 0.717) is 6.04 Å². The number of hydrogen-bond acceptors (Lipinski definition) is 3. The van der Waals surface area contributed by atoms with Crippen molar-refractivity contribution in [1.29, 1.82) is 0 Å². The van der Waals surface area contributed by atoms with Crippen LogP contribution in [0.25, 0.3) is 11.0 Å². The summed E-state index contributed by atoms with van der Waals surface area (Å²) in [6.45, 7) is 5.48. The monoisotopic (exact) mass is 258 g/mol. The largest absolute Gasteiger partial charge is 0.338 e. The Labute approximate surface area is 114 Å². The first-order valence-corrected chi connectivity index (χ1v) is 7.30. The van der Waals surface area contributed by atoms with Crippen LogP contribution in [-0.2, 0) is 0 Å². The van der Waals surface area contributed by atoms with E-state index in [2.05, 4.69) is 40.3 Å². The average molecular weight is 258 g/mol. The van der Waals surface area contributed by atoms with Gasteiger partial charge in [-0.2, -0.15) is 0 Å². The summed E-state index contributed by atoms with van der Waals surface area (Å²) in [7, 11) is 0. The summed E-state index contributed by atoms with van der Waals surface area (Å²) in [4.78, 5) is 10.6. The normalized spacial score (nSPS) is 19.4. The van der Waals surface area contributed by atoms with Crippen LogP contribution in [0.4, 0.5) is 5.95 Å². The fraction of sp³-hybridized carbons (Fsp3) is 0.533. The molecule has 0 spiro atoms. The molecule has 1 saturated heterocycles.